The predicted octanol–water partition coefficient (Wildman–Crippen LogP) is 2.67. The number of rotatable bonds is 8. The zero-order chi connectivity index (χ0) is 17.4. The standard InChI is InChI=1S/C19H31N3O2/c1-3-19(24,4-2)15-21-18(23)20-14-17(22-12-8-9-13-22)16-10-6-5-7-11-16/h5-7,10-11,17,24H,3-4,8-9,12-15H2,1-2H3,(H2,20,21,23). The van der Waals surface area contributed by atoms with Crippen LogP contribution in [0.4, 0.5) is 4.79 Å². The number of amides is 2. The molecular weight excluding hydrogens is 302 g/mol. The first-order chi connectivity index (χ1) is 11.6. The second kappa shape index (κ2) is 9.04. The van der Waals surface area contributed by atoms with Gasteiger partial charge in [-0.15, -0.1) is 0 Å². The molecule has 1 heterocycles. The molecule has 2 rings (SSSR count). The SMILES string of the molecule is CCC(O)(CC)CNC(=O)NCC(c1ccccc1)N1CCCC1. The highest BCUT2D eigenvalue weighted by Gasteiger charge is 2.25. The molecule has 1 aliphatic rings. The van der Waals surface area contributed by atoms with Crippen molar-refractivity contribution in [2.24, 2.45) is 0 Å². The number of hydrogen-bond acceptors (Lipinski definition) is 3. The molecule has 0 radical (unpaired) electrons. The van der Waals surface area contributed by atoms with Gasteiger partial charge in [0.05, 0.1) is 11.6 Å². The summed E-state index contributed by atoms with van der Waals surface area (Å²) in [5, 5.41) is 16.0. The Labute approximate surface area is 145 Å². The average molecular weight is 333 g/mol. The molecule has 5 nitrogen and oxygen atoms in total. The Morgan fingerprint density at radius 2 is 1.79 bits per heavy atom. The second-order valence-corrected chi connectivity index (χ2v) is 6.66. The van der Waals surface area contributed by atoms with Crippen LogP contribution in [0.25, 0.3) is 0 Å². The highest BCUT2D eigenvalue weighted by Crippen LogP contribution is 2.24. The Hall–Kier alpha value is -1.59. The van der Waals surface area contributed by atoms with Crippen LogP contribution in [0.3, 0.4) is 0 Å². The summed E-state index contributed by atoms with van der Waals surface area (Å²) in [6, 6.07) is 10.3. The van der Waals surface area contributed by atoms with Crippen LogP contribution in [0.2, 0.25) is 0 Å². The van der Waals surface area contributed by atoms with Crippen LogP contribution in [0.1, 0.15) is 51.1 Å². The summed E-state index contributed by atoms with van der Waals surface area (Å²) in [6.45, 7) is 6.88. The summed E-state index contributed by atoms with van der Waals surface area (Å²) >= 11 is 0. The van der Waals surface area contributed by atoms with Gasteiger partial charge in [-0.1, -0.05) is 44.2 Å². The summed E-state index contributed by atoms with van der Waals surface area (Å²) in [5.41, 5.74) is 0.420. The van der Waals surface area contributed by atoms with E-state index in [9.17, 15) is 9.90 Å². The molecule has 1 aliphatic heterocycles. The zero-order valence-electron chi connectivity index (χ0n) is 14.9. The number of carbonyl (C=O) groups excluding carboxylic acids is 1. The maximum atomic E-state index is 12.1. The van der Waals surface area contributed by atoms with E-state index >= 15 is 0 Å². The van der Waals surface area contributed by atoms with E-state index in [4.69, 9.17) is 0 Å². The highest BCUT2D eigenvalue weighted by molar-refractivity contribution is 5.73. The third-order valence-corrected chi connectivity index (χ3v) is 5.12. The number of likely N-dealkylation sites (tertiary alicyclic amines) is 1. The minimum atomic E-state index is -0.814. The second-order valence-electron chi connectivity index (χ2n) is 6.66. The van der Waals surface area contributed by atoms with E-state index in [2.05, 4.69) is 27.7 Å². The van der Waals surface area contributed by atoms with Crippen molar-refractivity contribution in [2.75, 3.05) is 26.2 Å². The summed E-state index contributed by atoms with van der Waals surface area (Å²) in [6.07, 6.45) is 3.69. The molecule has 1 saturated heterocycles. The van der Waals surface area contributed by atoms with Crippen molar-refractivity contribution in [1.82, 2.24) is 15.5 Å². The fourth-order valence-electron chi connectivity index (χ4n) is 3.18. The van der Waals surface area contributed by atoms with Crippen LogP contribution in [0.15, 0.2) is 30.3 Å². The fraction of sp³-hybridized carbons (Fsp3) is 0.632. The van der Waals surface area contributed by atoms with Gasteiger partial charge in [0, 0.05) is 13.1 Å². The molecule has 1 aromatic rings. The lowest BCUT2D eigenvalue weighted by Gasteiger charge is -2.29. The average Bonchev–Trinajstić information content (AvgIpc) is 3.15. The topological polar surface area (TPSA) is 64.6 Å². The Morgan fingerprint density at radius 1 is 1.17 bits per heavy atom. The van der Waals surface area contributed by atoms with Gasteiger partial charge >= 0.3 is 6.03 Å². The largest absolute Gasteiger partial charge is 0.388 e. The maximum absolute atomic E-state index is 12.1. The molecule has 0 aromatic heterocycles. The molecular formula is C19H31N3O2. The molecule has 1 atom stereocenters. The van der Waals surface area contributed by atoms with Crippen molar-refractivity contribution in [2.45, 2.75) is 51.2 Å². The van der Waals surface area contributed by atoms with Gasteiger partial charge in [-0.2, -0.15) is 0 Å². The van der Waals surface area contributed by atoms with Crippen molar-refractivity contribution in [3.63, 3.8) is 0 Å². The first-order valence-corrected chi connectivity index (χ1v) is 9.11. The summed E-state index contributed by atoms with van der Waals surface area (Å²) in [7, 11) is 0. The molecule has 0 saturated carbocycles. The summed E-state index contributed by atoms with van der Waals surface area (Å²) in [4.78, 5) is 14.6. The highest BCUT2D eigenvalue weighted by atomic mass is 16.3. The van der Waals surface area contributed by atoms with Crippen LogP contribution >= 0.6 is 0 Å². The van der Waals surface area contributed by atoms with Crippen LogP contribution in [0, 0.1) is 0 Å². The first-order valence-electron chi connectivity index (χ1n) is 9.11. The van der Waals surface area contributed by atoms with Crippen molar-refractivity contribution >= 4 is 6.03 Å². The third-order valence-electron chi connectivity index (χ3n) is 5.12. The number of carbonyl (C=O) groups is 1. The molecule has 2 amide bonds. The number of benzene rings is 1. The lowest BCUT2D eigenvalue weighted by molar-refractivity contribution is 0.0349. The first kappa shape index (κ1) is 18.7. The third kappa shape index (κ3) is 5.21. The van der Waals surface area contributed by atoms with Gasteiger partial charge in [0.1, 0.15) is 0 Å². The van der Waals surface area contributed by atoms with Gasteiger partial charge in [0.15, 0.2) is 0 Å². The monoisotopic (exact) mass is 333 g/mol. The minimum Gasteiger partial charge on any atom is -0.388 e. The number of nitrogens with one attached hydrogen (secondary N) is 2. The summed E-state index contributed by atoms with van der Waals surface area (Å²) < 4.78 is 0. The Morgan fingerprint density at radius 3 is 2.38 bits per heavy atom. The van der Waals surface area contributed by atoms with E-state index in [-0.39, 0.29) is 18.6 Å². The van der Waals surface area contributed by atoms with Crippen molar-refractivity contribution in [3.8, 4) is 0 Å². The molecule has 5 heteroatoms. The number of hydrogen-bond donors (Lipinski definition) is 3. The lowest BCUT2D eigenvalue weighted by Crippen LogP contribution is -2.47. The molecule has 1 unspecified atom stereocenters. The van der Waals surface area contributed by atoms with Crippen molar-refractivity contribution in [1.29, 1.82) is 0 Å². The number of urea groups is 1. The normalized spacial score (nSPS) is 16.8. The molecule has 0 bridgehead atoms. The van der Waals surface area contributed by atoms with Gasteiger partial charge in [-0.25, -0.2) is 4.79 Å². The lowest BCUT2D eigenvalue weighted by atomic mass is 9.98. The molecule has 0 spiro atoms. The molecule has 24 heavy (non-hydrogen) atoms. The molecule has 0 aliphatic carbocycles. The molecule has 1 aromatic carbocycles. The van der Waals surface area contributed by atoms with E-state index in [1.807, 2.05) is 32.0 Å². The number of aliphatic hydroxyl groups is 1. The van der Waals surface area contributed by atoms with Crippen molar-refractivity contribution < 1.29 is 9.90 Å². The molecule has 3 N–H and O–H groups in total. The molecule has 1 fully saturated rings. The van der Waals surface area contributed by atoms with Gasteiger partial charge in [0.2, 0.25) is 0 Å². The Kier molecular flexibility index (Phi) is 7.06. The van der Waals surface area contributed by atoms with E-state index in [1.54, 1.807) is 0 Å². The van der Waals surface area contributed by atoms with E-state index in [0.717, 1.165) is 13.1 Å². The van der Waals surface area contributed by atoms with Gasteiger partial charge < -0.3 is 15.7 Å². The predicted molar refractivity (Wildman–Crippen MR) is 96.9 cm³/mol. The van der Waals surface area contributed by atoms with Crippen LogP contribution < -0.4 is 10.6 Å². The van der Waals surface area contributed by atoms with Crippen molar-refractivity contribution in [3.05, 3.63) is 35.9 Å². The van der Waals surface area contributed by atoms with Crippen LogP contribution in [-0.4, -0.2) is 47.8 Å². The fourth-order valence-corrected chi connectivity index (χ4v) is 3.18. The smallest absolute Gasteiger partial charge is 0.314 e. The Balaban J connectivity index is 1.89. The van der Waals surface area contributed by atoms with Gasteiger partial charge in [-0.3, -0.25) is 4.90 Å². The van der Waals surface area contributed by atoms with Crippen LogP contribution in [0.5, 0.6) is 0 Å². The van der Waals surface area contributed by atoms with Gasteiger partial charge in [-0.05, 0) is 44.3 Å². The van der Waals surface area contributed by atoms with Crippen LogP contribution in [-0.2, 0) is 0 Å². The zero-order valence-corrected chi connectivity index (χ0v) is 14.9. The quantitative estimate of drug-likeness (QED) is 0.685. The maximum Gasteiger partial charge on any atom is 0.314 e. The van der Waals surface area contributed by atoms with E-state index in [1.165, 1.54) is 18.4 Å². The Bertz CT molecular complexity index is 497. The van der Waals surface area contributed by atoms with Gasteiger partial charge in [0.25, 0.3) is 0 Å². The van der Waals surface area contributed by atoms with E-state index < -0.39 is 5.60 Å². The molecule has 134 valence electrons. The number of nitrogens with zero attached hydrogens (tertiary/aromatic N) is 1. The van der Waals surface area contributed by atoms with E-state index in [0.29, 0.717) is 19.4 Å². The summed E-state index contributed by atoms with van der Waals surface area (Å²) in [5.74, 6) is 0. The minimum absolute atomic E-state index is 0.204.